The zero-order chi connectivity index (χ0) is 22.1. The maximum Gasteiger partial charge on any atom is 0.295 e. The molecule has 0 saturated heterocycles. The minimum atomic E-state index is -0.797. The predicted octanol–water partition coefficient (Wildman–Crippen LogP) is 4.44. The second-order valence-electron chi connectivity index (χ2n) is 7.28. The van der Waals surface area contributed by atoms with E-state index in [0.717, 1.165) is 11.4 Å². The summed E-state index contributed by atoms with van der Waals surface area (Å²) in [7, 11) is 0. The van der Waals surface area contributed by atoms with Crippen molar-refractivity contribution in [3.63, 3.8) is 0 Å². The average molecular weight is 436 g/mol. The Labute approximate surface area is 184 Å². The number of aromatic nitrogens is 4. The van der Waals surface area contributed by atoms with E-state index in [1.807, 2.05) is 51.1 Å². The van der Waals surface area contributed by atoms with E-state index < -0.39 is 11.6 Å². The second kappa shape index (κ2) is 8.35. The smallest absolute Gasteiger partial charge is 0.295 e. The number of carbonyl (C=O) groups excluding carboxylic acids is 1. The lowest BCUT2D eigenvalue weighted by atomic mass is 10.1. The largest absolute Gasteiger partial charge is 0.323 e. The van der Waals surface area contributed by atoms with Gasteiger partial charge in [0.1, 0.15) is 6.04 Å². The summed E-state index contributed by atoms with van der Waals surface area (Å²) >= 11 is 6.16. The van der Waals surface area contributed by atoms with Gasteiger partial charge in [0.05, 0.1) is 33.2 Å². The summed E-state index contributed by atoms with van der Waals surface area (Å²) in [5.74, 6) is -0.358. The molecule has 0 fully saturated rings. The number of benzene rings is 2. The molecule has 0 bridgehead atoms. The number of hydrogen-bond acceptors (Lipinski definition) is 4. The number of nitrogens with zero attached hydrogens (tertiary/aromatic N) is 4. The van der Waals surface area contributed by atoms with Gasteiger partial charge < -0.3 is 5.32 Å². The molecule has 2 heterocycles. The Morgan fingerprint density at radius 2 is 1.74 bits per heavy atom. The highest BCUT2D eigenvalue weighted by molar-refractivity contribution is 6.33. The van der Waals surface area contributed by atoms with Crippen LogP contribution in [0.4, 0.5) is 5.69 Å². The normalized spacial score (nSPS) is 12.1. The predicted molar refractivity (Wildman–Crippen MR) is 122 cm³/mol. The van der Waals surface area contributed by atoms with Gasteiger partial charge in [-0.05, 0) is 44.5 Å². The summed E-state index contributed by atoms with van der Waals surface area (Å²) in [5.41, 5.74) is 2.69. The van der Waals surface area contributed by atoms with Gasteiger partial charge in [0.2, 0.25) is 5.91 Å². The number of para-hydroxylation sites is 2. The number of halogens is 1. The maximum atomic E-state index is 13.3. The lowest BCUT2D eigenvalue weighted by Crippen LogP contribution is -2.35. The van der Waals surface area contributed by atoms with Crippen molar-refractivity contribution in [2.75, 3.05) is 5.32 Å². The summed E-state index contributed by atoms with van der Waals surface area (Å²) in [5, 5.41) is 13.0. The van der Waals surface area contributed by atoms with Crippen molar-refractivity contribution in [3.05, 3.63) is 81.4 Å². The number of rotatable bonds is 5. The monoisotopic (exact) mass is 435 g/mol. The number of fused-ring (bicyclic) bond motifs is 1. The molecule has 0 saturated carbocycles. The maximum absolute atomic E-state index is 13.3. The third-order valence-electron chi connectivity index (χ3n) is 5.26. The van der Waals surface area contributed by atoms with Gasteiger partial charge in [0.25, 0.3) is 5.56 Å². The zero-order valence-corrected chi connectivity index (χ0v) is 18.2. The van der Waals surface area contributed by atoms with E-state index in [2.05, 4.69) is 15.5 Å². The van der Waals surface area contributed by atoms with E-state index in [9.17, 15) is 9.59 Å². The summed E-state index contributed by atoms with van der Waals surface area (Å²) in [4.78, 5) is 26.3. The molecule has 1 amide bonds. The van der Waals surface area contributed by atoms with Crippen LogP contribution in [0.25, 0.3) is 16.6 Å². The van der Waals surface area contributed by atoms with Crippen molar-refractivity contribution in [1.29, 1.82) is 0 Å². The highest BCUT2D eigenvalue weighted by Crippen LogP contribution is 2.24. The molecule has 0 aliphatic rings. The minimum Gasteiger partial charge on any atom is -0.323 e. The highest BCUT2D eigenvalue weighted by atomic mass is 35.5. The van der Waals surface area contributed by atoms with Gasteiger partial charge in [-0.15, -0.1) is 0 Å². The first-order valence-corrected chi connectivity index (χ1v) is 10.4. The van der Waals surface area contributed by atoms with Crippen LogP contribution in [-0.4, -0.2) is 25.5 Å². The van der Waals surface area contributed by atoms with Crippen molar-refractivity contribution < 1.29 is 4.79 Å². The van der Waals surface area contributed by atoms with Gasteiger partial charge in [0, 0.05) is 0 Å². The van der Waals surface area contributed by atoms with Crippen molar-refractivity contribution >= 4 is 34.1 Å². The van der Waals surface area contributed by atoms with E-state index in [0.29, 0.717) is 28.2 Å². The van der Waals surface area contributed by atoms with Gasteiger partial charge in [-0.25, -0.2) is 9.36 Å². The first kappa shape index (κ1) is 20.8. The lowest BCUT2D eigenvalue weighted by Gasteiger charge is -2.18. The lowest BCUT2D eigenvalue weighted by molar-refractivity contribution is -0.119. The molecule has 0 spiro atoms. The van der Waals surface area contributed by atoms with Gasteiger partial charge in [-0.3, -0.25) is 9.59 Å². The molecule has 1 atom stereocenters. The molecule has 0 radical (unpaired) electrons. The van der Waals surface area contributed by atoms with Gasteiger partial charge in [0.15, 0.2) is 5.52 Å². The van der Waals surface area contributed by atoms with E-state index in [-0.39, 0.29) is 11.4 Å². The van der Waals surface area contributed by atoms with Crippen LogP contribution in [-0.2, 0) is 4.79 Å². The van der Waals surface area contributed by atoms with Crippen molar-refractivity contribution in [1.82, 2.24) is 19.6 Å². The number of anilines is 1. The fourth-order valence-electron chi connectivity index (χ4n) is 3.73. The van der Waals surface area contributed by atoms with Crippen LogP contribution < -0.4 is 10.9 Å². The molecular weight excluding hydrogens is 414 g/mol. The van der Waals surface area contributed by atoms with E-state index in [1.54, 1.807) is 28.9 Å². The second-order valence-corrected chi connectivity index (χ2v) is 7.69. The Hall–Kier alpha value is -3.45. The van der Waals surface area contributed by atoms with Gasteiger partial charge in [-0.1, -0.05) is 48.9 Å². The highest BCUT2D eigenvalue weighted by Gasteiger charge is 2.25. The van der Waals surface area contributed by atoms with Crippen LogP contribution in [0.1, 0.15) is 30.8 Å². The summed E-state index contributed by atoms with van der Waals surface area (Å²) in [6.07, 6.45) is 0.381. The molecule has 31 heavy (non-hydrogen) atoms. The van der Waals surface area contributed by atoms with Crippen molar-refractivity contribution in [2.45, 2.75) is 33.2 Å². The molecule has 7 nitrogen and oxygen atoms in total. The minimum absolute atomic E-state index is 0.290. The number of nitrogens with one attached hydrogen (secondary N) is 1. The van der Waals surface area contributed by atoms with E-state index >= 15 is 0 Å². The fraction of sp³-hybridized carbons (Fsp3) is 0.217. The molecule has 2 aromatic heterocycles. The third-order valence-corrected chi connectivity index (χ3v) is 5.59. The number of aryl methyl sites for hydroxylation is 2. The first-order valence-electron chi connectivity index (χ1n) is 10.0. The van der Waals surface area contributed by atoms with Gasteiger partial charge in [-0.2, -0.15) is 10.2 Å². The Morgan fingerprint density at radius 1 is 1.06 bits per heavy atom. The molecular formula is C23H22ClN5O2. The van der Waals surface area contributed by atoms with Crippen LogP contribution >= 0.6 is 11.6 Å². The van der Waals surface area contributed by atoms with Crippen LogP contribution in [0.15, 0.2) is 59.4 Å². The fourth-order valence-corrected chi connectivity index (χ4v) is 3.91. The summed E-state index contributed by atoms with van der Waals surface area (Å²) in [6.45, 7) is 5.56. The van der Waals surface area contributed by atoms with Crippen LogP contribution in [0.2, 0.25) is 5.02 Å². The third kappa shape index (κ3) is 3.72. The molecule has 158 valence electrons. The molecule has 0 aliphatic carbocycles. The number of carbonyl (C=O) groups is 1. The molecule has 0 aliphatic heterocycles. The topological polar surface area (TPSA) is 81.8 Å². The Morgan fingerprint density at radius 3 is 2.42 bits per heavy atom. The quantitative estimate of drug-likeness (QED) is 0.502. The summed E-state index contributed by atoms with van der Waals surface area (Å²) in [6, 6.07) is 15.8. The standard InChI is InChI=1S/C23H22ClN5O2/c1-4-19(22(30)25-18-13-9-8-12-17(18)24)29-23(31)21-20(14(2)26-29)15(3)28(27-21)16-10-6-5-7-11-16/h5-13,19H,4H2,1-3H3,(H,25,30). The van der Waals surface area contributed by atoms with Crippen molar-refractivity contribution in [3.8, 4) is 5.69 Å². The first-order chi connectivity index (χ1) is 14.9. The van der Waals surface area contributed by atoms with Crippen molar-refractivity contribution in [2.24, 2.45) is 0 Å². The molecule has 2 aromatic carbocycles. The van der Waals surface area contributed by atoms with Crippen LogP contribution in [0.3, 0.4) is 0 Å². The number of amides is 1. The Bertz CT molecular complexity index is 1330. The summed E-state index contributed by atoms with van der Waals surface area (Å²) < 4.78 is 2.96. The van der Waals surface area contributed by atoms with E-state index in [1.165, 1.54) is 4.68 Å². The Balaban J connectivity index is 1.80. The van der Waals surface area contributed by atoms with Gasteiger partial charge >= 0.3 is 0 Å². The van der Waals surface area contributed by atoms with Crippen LogP contribution in [0, 0.1) is 13.8 Å². The SMILES string of the molecule is CCC(C(=O)Nc1ccccc1Cl)n1nc(C)c2c(C)n(-c3ccccc3)nc2c1=O. The number of hydrogen-bond donors (Lipinski definition) is 1. The zero-order valence-electron chi connectivity index (χ0n) is 17.5. The average Bonchev–Trinajstić information content (AvgIpc) is 3.12. The molecule has 1 N–H and O–H groups in total. The Kier molecular flexibility index (Phi) is 5.61. The molecule has 1 unspecified atom stereocenters. The molecule has 4 rings (SSSR count). The van der Waals surface area contributed by atoms with Crippen LogP contribution in [0.5, 0.6) is 0 Å². The van der Waals surface area contributed by atoms with E-state index in [4.69, 9.17) is 11.6 Å². The molecule has 8 heteroatoms. The molecule has 4 aromatic rings.